The van der Waals surface area contributed by atoms with Crippen LogP contribution in [0.3, 0.4) is 0 Å². The normalized spacial score (nSPS) is 17.5. The molecule has 0 saturated carbocycles. The Balaban J connectivity index is 2.96. The summed E-state index contributed by atoms with van der Waals surface area (Å²) in [5.74, 6) is 0. The fourth-order valence-corrected chi connectivity index (χ4v) is 3.12. The second-order valence-corrected chi connectivity index (χ2v) is 6.31. The lowest BCUT2D eigenvalue weighted by molar-refractivity contribution is 0.0889. The molecule has 0 aliphatic rings. The van der Waals surface area contributed by atoms with Gasteiger partial charge in [0.25, 0.3) is 0 Å². The highest BCUT2D eigenvalue weighted by atomic mass is 32.2. The summed E-state index contributed by atoms with van der Waals surface area (Å²) in [6, 6.07) is 9.23. The van der Waals surface area contributed by atoms with E-state index in [0.29, 0.717) is 17.7 Å². The molecule has 0 aromatic heterocycles. The van der Waals surface area contributed by atoms with Crippen molar-refractivity contribution in [3.8, 4) is 6.07 Å². The van der Waals surface area contributed by atoms with Crippen LogP contribution in [0.15, 0.2) is 29.2 Å². The fourth-order valence-electron chi connectivity index (χ4n) is 1.78. The van der Waals surface area contributed by atoms with Crippen molar-refractivity contribution < 1.29 is 9.32 Å². The highest BCUT2D eigenvalue weighted by molar-refractivity contribution is 7.85. The Morgan fingerprint density at radius 1 is 1.44 bits per heavy atom. The van der Waals surface area contributed by atoms with Crippen LogP contribution in [0.2, 0.25) is 0 Å². The number of hydrogen-bond donors (Lipinski definition) is 1. The monoisotopic (exact) mass is 265 g/mol. The lowest BCUT2D eigenvalue weighted by Gasteiger charge is -2.26. The molecule has 1 aromatic rings. The van der Waals surface area contributed by atoms with Crippen molar-refractivity contribution in [1.82, 2.24) is 0 Å². The molecule has 0 heterocycles. The van der Waals surface area contributed by atoms with Gasteiger partial charge in [-0.05, 0) is 32.4 Å². The maximum Gasteiger partial charge on any atom is 0.165 e. The molecule has 0 aliphatic carbocycles. The average molecular weight is 265 g/mol. The van der Waals surface area contributed by atoms with Crippen molar-refractivity contribution in [1.29, 1.82) is 5.26 Å². The van der Waals surface area contributed by atoms with E-state index in [-0.39, 0.29) is 0 Å². The Hall–Kier alpha value is -1.18. The summed E-state index contributed by atoms with van der Waals surface area (Å²) >= 11 is 0. The van der Waals surface area contributed by atoms with Gasteiger partial charge in [0, 0.05) is 4.90 Å². The molecule has 1 rings (SSSR count). The Morgan fingerprint density at radius 3 is 2.44 bits per heavy atom. The molecule has 0 saturated heterocycles. The average Bonchev–Trinajstić information content (AvgIpc) is 2.38. The quantitative estimate of drug-likeness (QED) is 0.832. The molecule has 1 N–H and O–H groups in total. The van der Waals surface area contributed by atoms with E-state index in [1.54, 1.807) is 19.1 Å². The standard InChI is InChI=1S/C14H19NO2S/c1-4-9-14(16,10-15)12(3)18(17)13-7-5-11(2)6-8-13/h5-8,12,16H,4,9H2,1-3H3/t12-,14-,18-/m1/s1. The van der Waals surface area contributed by atoms with Crippen molar-refractivity contribution in [3.05, 3.63) is 29.8 Å². The Morgan fingerprint density at radius 2 is 2.00 bits per heavy atom. The van der Waals surface area contributed by atoms with Crippen LogP contribution in [0.1, 0.15) is 32.3 Å². The van der Waals surface area contributed by atoms with Crippen molar-refractivity contribution in [2.75, 3.05) is 0 Å². The number of hydrogen-bond acceptors (Lipinski definition) is 3. The van der Waals surface area contributed by atoms with Gasteiger partial charge in [-0.25, -0.2) is 0 Å². The summed E-state index contributed by atoms with van der Waals surface area (Å²) in [6.07, 6.45) is 1.02. The van der Waals surface area contributed by atoms with Gasteiger partial charge in [0.15, 0.2) is 5.60 Å². The first-order valence-corrected chi connectivity index (χ1v) is 7.26. The summed E-state index contributed by atoms with van der Waals surface area (Å²) in [6.45, 7) is 5.51. The van der Waals surface area contributed by atoms with Crippen molar-refractivity contribution in [3.63, 3.8) is 0 Å². The highest BCUT2D eigenvalue weighted by Gasteiger charge is 2.37. The lowest BCUT2D eigenvalue weighted by Crippen LogP contribution is -2.41. The van der Waals surface area contributed by atoms with Crippen molar-refractivity contribution in [2.24, 2.45) is 0 Å². The number of nitriles is 1. The van der Waals surface area contributed by atoms with Crippen LogP contribution in [-0.2, 0) is 10.8 Å². The van der Waals surface area contributed by atoms with Gasteiger partial charge in [-0.2, -0.15) is 5.26 Å². The number of rotatable bonds is 5. The Labute approximate surface area is 111 Å². The SMILES string of the molecule is CCC[C@@](O)(C#N)[C@@H](C)[S@@](=O)c1ccc(C)cc1. The predicted octanol–water partition coefficient (Wildman–Crippen LogP) is 2.55. The van der Waals surface area contributed by atoms with Crippen LogP contribution < -0.4 is 0 Å². The minimum atomic E-state index is -1.52. The zero-order valence-electron chi connectivity index (χ0n) is 11.0. The molecule has 0 unspecified atom stereocenters. The van der Waals surface area contributed by atoms with Gasteiger partial charge in [0.05, 0.1) is 22.1 Å². The van der Waals surface area contributed by atoms with Crippen molar-refractivity contribution in [2.45, 2.75) is 49.4 Å². The van der Waals surface area contributed by atoms with E-state index in [1.807, 2.05) is 32.0 Å². The van der Waals surface area contributed by atoms with E-state index < -0.39 is 21.7 Å². The Kier molecular flexibility index (Phi) is 5.06. The van der Waals surface area contributed by atoms with Gasteiger partial charge in [-0.3, -0.25) is 4.21 Å². The first-order chi connectivity index (χ1) is 8.44. The van der Waals surface area contributed by atoms with E-state index in [9.17, 15) is 9.32 Å². The zero-order valence-corrected chi connectivity index (χ0v) is 11.8. The highest BCUT2D eigenvalue weighted by Crippen LogP contribution is 2.25. The second kappa shape index (κ2) is 6.12. The number of benzene rings is 1. The van der Waals surface area contributed by atoms with Crippen LogP contribution in [0.25, 0.3) is 0 Å². The fraction of sp³-hybridized carbons (Fsp3) is 0.500. The molecule has 0 spiro atoms. The number of nitrogens with zero attached hydrogens (tertiary/aromatic N) is 1. The predicted molar refractivity (Wildman–Crippen MR) is 72.5 cm³/mol. The molecule has 0 fully saturated rings. The van der Waals surface area contributed by atoms with Crippen LogP contribution >= 0.6 is 0 Å². The number of aliphatic hydroxyl groups is 1. The van der Waals surface area contributed by atoms with Gasteiger partial charge >= 0.3 is 0 Å². The van der Waals surface area contributed by atoms with E-state index in [4.69, 9.17) is 5.26 Å². The minimum absolute atomic E-state index is 0.336. The van der Waals surface area contributed by atoms with E-state index >= 15 is 0 Å². The maximum atomic E-state index is 12.3. The summed E-state index contributed by atoms with van der Waals surface area (Å²) < 4.78 is 12.3. The topological polar surface area (TPSA) is 61.1 Å². The Bertz CT molecular complexity index is 464. The molecule has 1 aromatic carbocycles. The third kappa shape index (κ3) is 3.18. The maximum absolute atomic E-state index is 12.3. The molecular formula is C14H19NO2S. The largest absolute Gasteiger partial charge is 0.374 e. The van der Waals surface area contributed by atoms with Gasteiger partial charge in [0.2, 0.25) is 0 Å². The van der Waals surface area contributed by atoms with Gasteiger partial charge < -0.3 is 5.11 Å². The third-order valence-electron chi connectivity index (χ3n) is 3.07. The second-order valence-electron chi connectivity index (χ2n) is 4.54. The molecule has 0 aliphatic heterocycles. The molecular weight excluding hydrogens is 246 g/mol. The van der Waals surface area contributed by atoms with E-state index in [1.165, 1.54) is 0 Å². The van der Waals surface area contributed by atoms with E-state index in [2.05, 4.69) is 0 Å². The first-order valence-electron chi connectivity index (χ1n) is 6.05. The molecule has 0 amide bonds. The van der Waals surface area contributed by atoms with Crippen LogP contribution in [0, 0.1) is 18.3 Å². The summed E-state index contributed by atoms with van der Waals surface area (Å²) in [5.41, 5.74) is -0.433. The molecule has 98 valence electrons. The van der Waals surface area contributed by atoms with E-state index in [0.717, 1.165) is 5.56 Å². The van der Waals surface area contributed by atoms with Crippen LogP contribution in [0.4, 0.5) is 0 Å². The molecule has 3 atom stereocenters. The molecule has 0 radical (unpaired) electrons. The molecule has 18 heavy (non-hydrogen) atoms. The van der Waals surface area contributed by atoms with Gasteiger partial charge in [0.1, 0.15) is 0 Å². The summed E-state index contributed by atoms with van der Waals surface area (Å²) in [4.78, 5) is 0.651. The van der Waals surface area contributed by atoms with Crippen LogP contribution in [0.5, 0.6) is 0 Å². The van der Waals surface area contributed by atoms with Crippen LogP contribution in [-0.4, -0.2) is 20.2 Å². The summed E-state index contributed by atoms with van der Waals surface area (Å²) in [7, 11) is -1.38. The third-order valence-corrected chi connectivity index (χ3v) is 4.84. The lowest BCUT2D eigenvalue weighted by atomic mass is 9.96. The number of aryl methyl sites for hydroxylation is 1. The molecule has 3 nitrogen and oxygen atoms in total. The minimum Gasteiger partial charge on any atom is -0.374 e. The van der Waals surface area contributed by atoms with Gasteiger partial charge in [-0.15, -0.1) is 0 Å². The molecule has 4 heteroatoms. The molecule has 0 bridgehead atoms. The van der Waals surface area contributed by atoms with Crippen molar-refractivity contribution >= 4 is 10.8 Å². The first kappa shape index (κ1) is 14.9. The van der Waals surface area contributed by atoms with Gasteiger partial charge in [-0.1, -0.05) is 31.0 Å². The smallest absolute Gasteiger partial charge is 0.165 e. The summed E-state index contributed by atoms with van der Waals surface area (Å²) in [5, 5.41) is 18.7. The zero-order chi connectivity index (χ0) is 13.8.